The molecule has 1 aromatic rings. The van der Waals surface area contributed by atoms with Crippen molar-refractivity contribution in [3.8, 4) is 5.88 Å². The van der Waals surface area contributed by atoms with Crippen molar-refractivity contribution < 1.29 is 4.74 Å². The van der Waals surface area contributed by atoms with Crippen LogP contribution in [0, 0.1) is 5.92 Å². The van der Waals surface area contributed by atoms with Crippen LogP contribution in [0.3, 0.4) is 0 Å². The van der Waals surface area contributed by atoms with E-state index in [1.165, 1.54) is 12.8 Å². The Balaban J connectivity index is 2.09. The van der Waals surface area contributed by atoms with E-state index in [2.05, 4.69) is 29.0 Å². The second-order valence-electron chi connectivity index (χ2n) is 5.54. The standard InChI is InChI=1S/C16H26N4O/c1-4-17-16(20-10-6-7-13(2)12-20)19-11-14-8-5-9-18-15(14)21-3/h5,8-9,13H,4,6-7,10-12H2,1-3H3,(H,17,19). The van der Waals surface area contributed by atoms with Crippen molar-refractivity contribution in [1.29, 1.82) is 0 Å². The van der Waals surface area contributed by atoms with E-state index >= 15 is 0 Å². The topological polar surface area (TPSA) is 49.8 Å². The quantitative estimate of drug-likeness (QED) is 0.683. The first-order chi connectivity index (χ1) is 10.2. The van der Waals surface area contributed by atoms with E-state index in [4.69, 9.17) is 9.73 Å². The molecular weight excluding hydrogens is 264 g/mol. The van der Waals surface area contributed by atoms with Crippen LogP contribution in [0.2, 0.25) is 0 Å². The number of pyridine rings is 1. The molecule has 1 saturated heterocycles. The number of piperidine rings is 1. The second kappa shape index (κ2) is 7.86. The summed E-state index contributed by atoms with van der Waals surface area (Å²) in [5, 5.41) is 3.40. The molecule has 1 aromatic heterocycles. The monoisotopic (exact) mass is 290 g/mol. The number of rotatable bonds is 4. The van der Waals surface area contributed by atoms with Gasteiger partial charge in [-0.15, -0.1) is 0 Å². The summed E-state index contributed by atoms with van der Waals surface area (Å²) in [6.07, 6.45) is 4.29. The van der Waals surface area contributed by atoms with Gasteiger partial charge in [0.15, 0.2) is 5.96 Å². The summed E-state index contributed by atoms with van der Waals surface area (Å²) in [5.74, 6) is 2.38. The van der Waals surface area contributed by atoms with E-state index in [1.54, 1.807) is 13.3 Å². The molecule has 1 atom stereocenters. The van der Waals surface area contributed by atoms with Gasteiger partial charge in [-0.2, -0.15) is 0 Å². The first-order valence-electron chi connectivity index (χ1n) is 7.75. The zero-order valence-corrected chi connectivity index (χ0v) is 13.3. The number of nitrogens with one attached hydrogen (secondary N) is 1. The predicted octanol–water partition coefficient (Wildman–Crippen LogP) is 2.29. The van der Waals surface area contributed by atoms with Gasteiger partial charge in [0.05, 0.1) is 13.7 Å². The minimum Gasteiger partial charge on any atom is -0.481 e. The molecule has 0 spiro atoms. The molecule has 5 heteroatoms. The predicted molar refractivity (Wildman–Crippen MR) is 85.6 cm³/mol. The summed E-state index contributed by atoms with van der Waals surface area (Å²) in [5.41, 5.74) is 1.01. The van der Waals surface area contributed by atoms with Gasteiger partial charge in [0.25, 0.3) is 0 Å². The molecule has 0 aromatic carbocycles. The zero-order valence-electron chi connectivity index (χ0n) is 13.3. The fourth-order valence-corrected chi connectivity index (χ4v) is 2.70. The summed E-state index contributed by atoms with van der Waals surface area (Å²) in [7, 11) is 1.65. The van der Waals surface area contributed by atoms with Crippen molar-refractivity contribution in [2.45, 2.75) is 33.2 Å². The van der Waals surface area contributed by atoms with Gasteiger partial charge < -0.3 is 15.0 Å². The highest BCUT2D eigenvalue weighted by molar-refractivity contribution is 5.80. The zero-order chi connectivity index (χ0) is 15.1. The van der Waals surface area contributed by atoms with Gasteiger partial charge in [0.1, 0.15) is 0 Å². The maximum Gasteiger partial charge on any atom is 0.218 e. The number of aliphatic imine (C=N–C) groups is 1. The van der Waals surface area contributed by atoms with Crippen molar-refractivity contribution in [3.05, 3.63) is 23.9 Å². The average Bonchev–Trinajstić information content (AvgIpc) is 2.51. The van der Waals surface area contributed by atoms with Crippen LogP contribution in [0.5, 0.6) is 5.88 Å². The van der Waals surface area contributed by atoms with Gasteiger partial charge >= 0.3 is 0 Å². The molecule has 0 bridgehead atoms. The lowest BCUT2D eigenvalue weighted by molar-refractivity contribution is 0.266. The van der Waals surface area contributed by atoms with Gasteiger partial charge in [-0.3, -0.25) is 0 Å². The summed E-state index contributed by atoms with van der Waals surface area (Å²) in [4.78, 5) is 11.3. The Morgan fingerprint density at radius 2 is 2.43 bits per heavy atom. The van der Waals surface area contributed by atoms with Crippen LogP contribution in [-0.2, 0) is 6.54 Å². The highest BCUT2D eigenvalue weighted by Gasteiger charge is 2.19. The highest BCUT2D eigenvalue weighted by atomic mass is 16.5. The van der Waals surface area contributed by atoms with E-state index in [9.17, 15) is 0 Å². The van der Waals surface area contributed by atoms with Crippen LogP contribution < -0.4 is 10.1 Å². The van der Waals surface area contributed by atoms with E-state index < -0.39 is 0 Å². The lowest BCUT2D eigenvalue weighted by atomic mass is 10.0. The molecule has 0 amide bonds. The summed E-state index contributed by atoms with van der Waals surface area (Å²) >= 11 is 0. The third kappa shape index (κ3) is 4.34. The Hall–Kier alpha value is -1.78. The van der Waals surface area contributed by atoms with Gasteiger partial charge in [0.2, 0.25) is 5.88 Å². The molecule has 2 heterocycles. The van der Waals surface area contributed by atoms with Crippen LogP contribution in [-0.4, -0.2) is 42.6 Å². The minimum absolute atomic E-state index is 0.588. The van der Waals surface area contributed by atoms with E-state index in [-0.39, 0.29) is 0 Å². The van der Waals surface area contributed by atoms with Crippen LogP contribution >= 0.6 is 0 Å². The van der Waals surface area contributed by atoms with Crippen LogP contribution in [0.25, 0.3) is 0 Å². The van der Waals surface area contributed by atoms with Gasteiger partial charge in [-0.25, -0.2) is 9.98 Å². The van der Waals surface area contributed by atoms with Crippen molar-refractivity contribution >= 4 is 5.96 Å². The van der Waals surface area contributed by atoms with Crippen molar-refractivity contribution in [2.24, 2.45) is 10.9 Å². The molecule has 21 heavy (non-hydrogen) atoms. The molecular formula is C16H26N4O. The Morgan fingerprint density at radius 3 is 3.14 bits per heavy atom. The number of nitrogens with zero attached hydrogens (tertiary/aromatic N) is 3. The second-order valence-corrected chi connectivity index (χ2v) is 5.54. The molecule has 1 aliphatic rings. The molecule has 0 aliphatic carbocycles. The average molecular weight is 290 g/mol. The fraction of sp³-hybridized carbons (Fsp3) is 0.625. The lowest BCUT2D eigenvalue weighted by Gasteiger charge is -2.33. The third-order valence-electron chi connectivity index (χ3n) is 3.73. The first kappa shape index (κ1) is 15.6. The smallest absolute Gasteiger partial charge is 0.218 e. The molecule has 116 valence electrons. The summed E-state index contributed by atoms with van der Waals surface area (Å²) < 4.78 is 5.29. The fourth-order valence-electron chi connectivity index (χ4n) is 2.70. The van der Waals surface area contributed by atoms with Crippen LogP contribution in [0.4, 0.5) is 0 Å². The van der Waals surface area contributed by atoms with E-state index in [0.717, 1.165) is 37.1 Å². The molecule has 0 radical (unpaired) electrons. The maximum atomic E-state index is 5.29. The minimum atomic E-state index is 0.588. The van der Waals surface area contributed by atoms with Crippen molar-refractivity contribution in [3.63, 3.8) is 0 Å². The number of hydrogen-bond donors (Lipinski definition) is 1. The third-order valence-corrected chi connectivity index (χ3v) is 3.73. The SMILES string of the molecule is CCNC(=NCc1cccnc1OC)N1CCCC(C)C1. The Kier molecular flexibility index (Phi) is 5.84. The molecule has 1 aliphatic heterocycles. The number of methoxy groups -OCH3 is 1. The Bertz CT molecular complexity index is 475. The van der Waals surface area contributed by atoms with Gasteiger partial charge in [-0.1, -0.05) is 13.0 Å². The van der Waals surface area contributed by atoms with Crippen molar-refractivity contribution in [1.82, 2.24) is 15.2 Å². The van der Waals surface area contributed by atoms with Crippen LogP contribution in [0.1, 0.15) is 32.3 Å². The molecule has 1 fully saturated rings. The largest absolute Gasteiger partial charge is 0.481 e. The van der Waals surface area contributed by atoms with E-state index in [0.29, 0.717) is 12.4 Å². The number of ether oxygens (including phenoxy) is 1. The number of aromatic nitrogens is 1. The molecule has 0 saturated carbocycles. The number of likely N-dealkylation sites (tertiary alicyclic amines) is 1. The Labute approximate surface area is 127 Å². The van der Waals surface area contributed by atoms with Gasteiger partial charge in [-0.05, 0) is 31.7 Å². The van der Waals surface area contributed by atoms with Gasteiger partial charge in [0, 0.05) is 31.4 Å². The number of hydrogen-bond acceptors (Lipinski definition) is 3. The Morgan fingerprint density at radius 1 is 1.57 bits per heavy atom. The maximum absolute atomic E-state index is 5.29. The molecule has 1 unspecified atom stereocenters. The summed E-state index contributed by atoms with van der Waals surface area (Å²) in [6, 6.07) is 3.93. The number of guanidine groups is 1. The first-order valence-corrected chi connectivity index (χ1v) is 7.75. The normalized spacial score (nSPS) is 19.5. The molecule has 2 rings (SSSR count). The van der Waals surface area contributed by atoms with Crippen LogP contribution in [0.15, 0.2) is 23.3 Å². The van der Waals surface area contributed by atoms with E-state index in [1.807, 2.05) is 12.1 Å². The lowest BCUT2D eigenvalue weighted by Crippen LogP contribution is -2.46. The molecule has 5 nitrogen and oxygen atoms in total. The highest BCUT2D eigenvalue weighted by Crippen LogP contribution is 2.17. The molecule has 1 N–H and O–H groups in total. The summed E-state index contributed by atoms with van der Waals surface area (Å²) in [6.45, 7) is 8.04. The van der Waals surface area contributed by atoms with Crippen molar-refractivity contribution in [2.75, 3.05) is 26.7 Å².